The van der Waals surface area contributed by atoms with Gasteiger partial charge < -0.3 is 10.2 Å². The van der Waals surface area contributed by atoms with Crippen molar-refractivity contribution in [3.8, 4) is 0 Å². The van der Waals surface area contributed by atoms with Gasteiger partial charge in [-0.05, 0) is 62.7 Å². The van der Waals surface area contributed by atoms with E-state index < -0.39 is 0 Å². The van der Waals surface area contributed by atoms with Crippen LogP contribution in [0, 0.1) is 11.8 Å². The molecule has 1 N–H and O–H groups in total. The van der Waals surface area contributed by atoms with E-state index in [1.165, 1.54) is 12.8 Å². The molecule has 5 nitrogen and oxygen atoms in total. The molecular weight excluding hydrogens is 312 g/mol. The summed E-state index contributed by atoms with van der Waals surface area (Å²) < 4.78 is 0. The van der Waals surface area contributed by atoms with Crippen LogP contribution in [0.3, 0.4) is 0 Å². The van der Waals surface area contributed by atoms with Gasteiger partial charge in [0.1, 0.15) is 0 Å². The minimum absolute atomic E-state index is 0.401. The molecule has 2 atom stereocenters. The van der Waals surface area contributed by atoms with Crippen LogP contribution in [-0.4, -0.2) is 59.5 Å². The van der Waals surface area contributed by atoms with Crippen LogP contribution < -0.4 is 5.32 Å². The zero-order chi connectivity index (χ0) is 17.1. The molecule has 1 aromatic rings. The van der Waals surface area contributed by atoms with Crippen LogP contribution in [0.1, 0.15) is 37.8 Å². The second kappa shape index (κ2) is 7.83. The fourth-order valence-corrected chi connectivity index (χ4v) is 4.87. The number of aromatic nitrogens is 1. The quantitative estimate of drug-likeness (QED) is 0.908. The van der Waals surface area contributed by atoms with Gasteiger partial charge in [0.25, 0.3) is 0 Å². The maximum Gasteiger partial charge on any atom is 0.222 e. The van der Waals surface area contributed by atoms with Gasteiger partial charge in [-0.1, -0.05) is 6.07 Å². The summed E-state index contributed by atoms with van der Waals surface area (Å²) in [6.07, 6.45) is 7.23. The number of hydrogen-bond donors (Lipinski definition) is 1. The summed E-state index contributed by atoms with van der Waals surface area (Å²) >= 11 is 0. The topological polar surface area (TPSA) is 48.5 Å². The van der Waals surface area contributed by atoms with Crippen LogP contribution in [0.4, 0.5) is 0 Å². The van der Waals surface area contributed by atoms with Crippen molar-refractivity contribution < 1.29 is 4.79 Å². The monoisotopic (exact) mass is 342 g/mol. The predicted molar refractivity (Wildman–Crippen MR) is 97.9 cm³/mol. The Morgan fingerprint density at radius 1 is 1.16 bits per heavy atom. The number of carbonyl (C=O) groups excluding carboxylic acids is 1. The number of hydrogen-bond acceptors (Lipinski definition) is 4. The lowest BCUT2D eigenvalue weighted by molar-refractivity contribution is -0.142. The Kier molecular flexibility index (Phi) is 5.32. The van der Waals surface area contributed by atoms with Gasteiger partial charge in [-0.2, -0.15) is 0 Å². The molecule has 4 heterocycles. The zero-order valence-electron chi connectivity index (χ0n) is 15.1. The van der Waals surface area contributed by atoms with Crippen molar-refractivity contribution in [3.63, 3.8) is 0 Å². The molecule has 1 aromatic heterocycles. The number of pyridine rings is 1. The van der Waals surface area contributed by atoms with E-state index in [0.29, 0.717) is 23.8 Å². The third-order valence-corrected chi connectivity index (χ3v) is 6.25. The summed E-state index contributed by atoms with van der Waals surface area (Å²) in [6.45, 7) is 6.33. The molecule has 3 fully saturated rings. The first-order chi connectivity index (χ1) is 12.3. The standard InChI is InChI=1S/C20H30N4O/c25-20-5-4-17-14-23(15-18-3-1-2-9-22-18)12-8-19(17)24(20)13-16-6-10-21-11-7-16/h1-3,9,16-17,19,21H,4-8,10-15H2/t17-,19+/m1/s1. The number of rotatable bonds is 4. The molecule has 5 heteroatoms. The molecule has 3 saturated heterocycles. The van der Waals surface area contributed by atoms with Gasteiger partial charge >= 0.3 is 0 Å². The van der Waals surface area contributed by atoms with E-state index in [-0.39, 0.29) is 0 Å². The Balaban J connectivity index is 1.37. The lowest BCUT2D eigenvalue weighted by atomic mass is 9.82. The third-order valence-electron chi connectivity index (χ3n) is 6.25. The first-order valence-electron chi connectivity index (χ1n) is 9.92. The summed E-state index contributed by atoms with van der Waals surface area (Å²) in [5.74, 6) is 1.73. The highest BCUT2D eigenvalue weighted by Crippen LogP contribution is 2.33. The summed E-state index contributed by atoms with van der Waals surface area (Å²) in [5, 5.41) is 3.43. The molecule has 0 saturated carbocycles. The number of fused-ring (bicyclic) bond motifs is 1. The molecule has 25 heavy (non-hydrogen) atoms. The summed E-state index contributed by atoms with van der Waals surface area (Å²) in [4.78, 5) is 21.8. The van der Waals surface area contributed by atoms with E-state index in [0.717, 1.165) is 64.2 Å². The van der Waals surface area contributed by atoms with E-state index in [2.05, 4.69) is 32.2 Å². The first kappa shape index (κ1) is 17.0. The lowest BCUT2D eigenvalue weighted by Gasteiger charge is -2.48. The van der Waals surface area contributed by atoms with Crippen molar-refractivity contribution in [2.45, 2.75) is 44.7 Å². The van der Waals surface area contributed by atoms with Gasteiger partial charge in [0.15, 0.2) is 0 Å². The molecule has 4 rings (SSSR count). The number of piperidine rings is 3. The Morgan fingerprint density at radius 2 is 2.04 bits per heavy atom. The van der Waals surface area contributed by atoms with Gasteiger partial charge in [0, 0.05) is 44.8 Å². The molecule has 0 radical (unpaired) electrons. The largest absolute Gasteiger partial charge is 0.339 e. The molecular formula is C20H30N4O. The molecule has 3 aliphatic heterocycles. The van der Waals surface area contributed by atoms with Crippen LogP contribution in [-0.2, 0) is 11.3 Å². The average Bonchev–Trinajstić information content (AvgIpc) is 2.66. The second-order valence-corrected chi connectivity index (χ2v) is 7.95. The molecule has 136 valence electrons. The maximum atomic E-state index is 12.6. The van der Waals surface area contributed by atoms with Gasteiger partial charge in [0.05, 0.1) is 5.69 Å². The fraction of sp³-hybridized carbons (Fsp3) is 0.700. The Labute approximate surface area is 150 Å². The van der Waals surface area contributed by atoms with Gasteiger partial charge in [-0.25, -0.2) is 0 Å². The summed E-state index contributed by atoms with van der Waals surface area (Å²) in [7, 11) is 0. The third kappa shape index (κ3) is 4.04. The fourth-order valence-electron chi connectivity index (χ4n) is 4.87. The minimum Gasteiger partial charge on any atom is -0.339 e. The van der Waals surface area contributed by atoms with Gasteiger partial charge in [0.2, 0.25) is 5.91 Å². The molecule has 0 unspecified atom stereocenters. The molecule has 0 spiro atoms. The van der Waals surface area contributed by atoms with Crippen molar-refractivity contribution in [3.05, 3.63) is 30.1 Å². The minimum atomic E-state index is 0.401. The average molecular weight is 342 g/mol. The number of nitrogens with one attached hydrogen (secondary N) is 1. The summed E-state index contributed by atoms with van der Waals surface area (Å²) in [6, 6.07) is 6.62. The highest BCUT2D eigenvalue weighted by Gasteiger charge is 2.39. The van der Waals surface area contributed by atoms with Crippen molar-refractivity contribution in [1.29, 1.82) is 0 Å². The first-order valence-corrected chi connectivity index (χ1v) is 9.92. The van der Waals surface area contributed by atoms with Crippen molar-refractivity contribution in [2.75, 3.05) is 32.7 Å². The van der Waals surface area contributed by atoms with Crippen LogP contribution in [0.2, 0.25) is 0 Å². The maximum absolute atomic E-state index is 12.6. The molecule has 3 aliphatic rings. The van der Waals surface area contributed by atoms with E-state index in [9.17, 15) is 4.79 Å². The molecule has 1 amide bonds. The molecule has 0 aliphatic carbocycles. The summed E-state index contributed by atoms with van der Waals surface area (Å²) in [5.41, 5.74) is 1.15. The SMILES string of the molecule is O=C1CC[C@@H]2CN(Cc3ccccn3)CC[C@@H]2N1CC1CCNCC1. The van der Waals surface area contributed by atoms with Crippen LogP contribution in [0.15, 0.2) is 24.4 Å². The number of amides is 1. The zero-order valence-corrected chi connectivity index (χ0v) is 15.1. The highest BCUT2D eigenvalue weighted by molar-refractivity contribution is 5.77. The number of nitrogens with zero attached hydrogens (tertiary/aromatic N) is 3. The van der Waals surface area contributed by atoms with Crippen LogP contribution in [0.25, 0.3) is 0 Å². The molecule has 0 bridgehead atoms. The Bertz CT molecular complexity index is 572. The van der Waals surface area contributed by atoms with Gasteiger partial charge in [-0.3, -0.25) is 14.7 Å². The number of carbonyl (C=O) groups is 1. The number of likely N-dealkylation sites (tertiary alicyclic amines) is 2. The highest BCUT2D eigenvalue weighted by atomic mass is 16.2. The Morgan fingerprint density at radius 3 is 2.84 bits per heavy atom. The van der Waals surface area contributed by atoms with E-state index in [1.807, 2.05) is 12.3 Å². The molecule has 0 aromatic carbocycles. The Hall–Kier alpha value is -1.46. The van der Waals surface area contributed by atoms with Crippen molar-refractivity contribution >= 4 is 5.91 Å². The van der Waals surface area contributed by atoms with E-state index in [1.54, 1.807) is 0 Å². The second-order valence-electron chi connectivity index (χ2n) is 7.95. The van der Waals surface area contributed by atoms with Crippen molar-refractivity contribution in [2.24, 2.45) is 11.8 Å². The van der Waals surface area contributed by atoms with E-state index >= 15 is 0 Å². The van der Waals surface area contributed by atoms with Crippen molar-refractivity contribution in [1.82, 2.24) is 20.1 Å². The van der Waals surface area contributed by atoms with Crippen LogP contribution >= 0.6 is 0 Å². The normalized spacial score (nSPS) is 28.8. The lowest BCUT2D eigenvalue weighted by Crippen LogP contribution is -2.57. The smallest absolute Gasteiger partial charge is 0.222 e. The van der Waals surface area contributed by atoms with Crippen LogP contribution in [0.5, 0.6) is 0 Å². The predicted octanol–water partition coefficient (Wildman–Crippen LogP) is 1.89. The van der Waals surface area contributed by atoms with Gasteiger partial charge in [-0.15, -0.1) is 0 Å². The van der Waals surface area contributed by atoms with E-state index in [4.69, 9.17) is 0 Å².